The van der Waals surface area contributed by atoms with E-state index < -0.39 is 0 Å². The van der Waals surface area contributed by atoms with E-state index in [1.54, 1.807) is 0 Å². The van der Waals surface area contributed by atoms with Gasteiger partial charge in [-0.15, -0.1) is 0 Å². The van der Waals surface area contributed by atoms with Gasteiger partial charge in [-0.2, -0.15) is 0 Å². The van der Waals surface area contributed by atoms with Gasteiger partial charge in [-0.1, -0.05) is 82.5 Å². The average molecular weight is 497 g/mol. The number of hydrogen-bond donors (Lipinski definition) is 0. The molecule has 0 bridgehead atoms. The maximum absolute atomic E-state index is 4.33. The van der Waals surface area contributed by atoms with Gasteiger partial charge in [0.2, 0.25) is 0 Å². The zero-order valence-corrected chi connectivity index (χ0v) is 20.5. The Morgan fingerprint density at radius 1 is 1.10 bits per heavy atom. The quantitative estimate of drug-likeness (QED) is 0.299. The second-order valence-electron chi connectivity index (χ2n) is 7.78. The monoisotopic (exact) mass is 497 g/mol. The van der Waals surface area contributed by atoms with Crippen LogP contribution < -0.4 is 0 Å². The van der Waals surface area contributed by atoms with Gasteiger partial charge in [0.1, 0.15) is 0 Å². The highest BCUT2D eigenvalue weighted by Gasteiger charge is 2.30. The molecular formula is C27H32IN. The van der Waals surface area contributed by atoms with Crippen LogP contribution >= 0.6 is 22.9 Å². The minimum atomic E-state index is -0.189. The van der Waals surface area contributed by atoms with Crippen molar-refractivity contribution in [3.8, 4) is 0 Å². The van der Waals surface area contributed by atoms with Gasteiger partial charge in [0, 0.05) is 11.6 Å². The van der Waals surface area contributed by atoms with Crippen LogP contribution in [-0.4, -0.2) is 3.11 Å². The Morgan fingerprint density at radius 2 is 1.79 bits per heavy atom. The van der Waals surface area contributed by atoms with Crippen LogP contribution in [0.1, 0.15) is 45.2 Å². The Morgan fingerprint density at radius 3 is 2.41 bits per heavy atom. The van der Waals surface area contributed by atoms with Crippen LogP contribution in [-0.2, 0) is 5.41 Å². The first kappa shape index (κ1) is 23.2. The van der Waals surface area contributed by atoms with Gasteiger partial charge in [-0.05, 0) is 65.8 Å². The number of nitrogens with zero attached hydrogens (tertiary/aromatic N) is 1. The van der Waals surface area contributed by atoms with Crippen LogP contribution in [0.25, 0.3) is 0 Å². The number of benzene rings is 1. The third-order valence-corrected chi connectivity index (χ3v) is 6.23. The molecule has 0 amide bonds. The normalized spacial score (nSPS) is 23.0. The smallest absolute Gasteiger partial charge is 0.0640 e. The van der Waals surface area contributed by atoms with Gasteiger partial charge in [-0.25, -0.2) is 0 Å². The van der Waals surface area contributed by atoms with E-state index in [2.05, 4.69) is 122 Å². The molecule has 152 valence electrons. The molecule has 0 aliphatic carbocycles. The molecule has 1 heterocycles. The van der Waals surface area contributed by atoms with E-state index >= 15 is 0 Å². The molecule has 2 rings (SSSR count). The van der Waals surface area contributed by atoms with E-state index in [0.29, 0.717) is 0 Å². The third-order valence-electron chi connectivity index (χ3n) is 5.39. The fourth-order valence-corrected chi connectivity index (χ4v) is 4.42. The fraction of sp³-hybridized carbons (Fsp3) is 0.259. The van der Waals surface area contributed by atoms with E-state index in [-0.39, 0.29) is 5.41 Å². The molecule has 0 fully saturated rings. The van der Waals surface area contributed by atoms with Crippen LogP contribution in [0.3, 0.4) is 0 Å². The Labute approximate surface area is 191 Å². The summed E-state index contributed by atoms with van der Waals surface area (Å²) >= 11 is 2.37. The summed E-state index contributed by atoms with van der Waals surface area (Å²) in [4.78, 5) is 0. The molecule has 1 nitrogen and oxygen atoms in total. The lowest BCUT2D eigenvalue weighted by Crippen LogP contribution is -2.25. The first-order valence-corrected chi connectivity index (χ1v) is 11.0. The van der Waals surface area contributed by atoms with Crippen LogP contribution in [0.4, 0.5) is 0 Å². The molecule has 0 aromatic heterocycles. The Hall–Kier alpha value is -2.07. The topological polar surface area (TPSA) is 3.24 Å². The minimum absolute atomic E-state index is 0.189. The molecule has 0 saturated heterocycles. The summed E-state index contributed by atoms with van der Waals surface area (Å²) in [5, 5.41) is 0. The van der Waals surface area contributed by atoms with Crippen molar-refractivity contribution in [1.82, 2.24) is 3.11 Å². The lowest BCUT2D eigenvalue weighted by Gasteiger charge is -2.34. The molecule has 1 aromatic rings. The highest BCUT2D eigenvalue weighted by molar-refractivity contribution is 14.1. The summed E-state index contributed by atoms with van der Waals surface area (Å²) < 4.78 is 2.17. The third kappa shape index (κ3) is 5.30. The molecule has 0 atom stereocenters. The summed E-state index contributed by atoms with van der Waals surface area (Å²) in [5.41, 5.74) is 8.09. The Kier molecular flexibility index (Phi) is 8.09. The van der Waals surface area contributed by atoms with Crippen LogP contribution in [0, 0.1) is 6.92 Å². The zero-order chi connectivity index (χ0) is 21.6. The standard InChI is InChI=1S/C27H32IN/c1-8-14-26-23(9-2)25(27(6,7)24-17-11-10-16-21(24)4)19-22(5)20(3)15-12-13-18-29(26)28/h8,10-19H,3,5,9H2,1-2,4,6-7H3/b14-8-,15-12-,18-13-,25-19+,26-23-. The van der Waals surface area contributed by atoms with Gasteiger partial charge in [0.15, 0.2) is 0 Å². The minimum Gasteiger partial charge on any atom is -0.290 e. The average Bonchev–Trinajstić information content (AvgIpc) is 2.70. The molecule has 29 heavy (non-hydrogen) atoms. The summed E-state index contributed by atoms with van der Waals surface area (Å²) in [7, 11) is 0. The van der Waals surface area contributed by atoms with Crippen molar-refractivity contribution in [2.24, 2.45) is 0 Å². The van der Waals surface area contributed by atoms with E-state index in [1.807, 2.05) is 18.2 Å². The molecule has 0 radical (unpaired) electrons. The maximum Gasteiger partial charge on any atom is 0.0640 e. The summed E-state index contributed by atoms with van der Waals surface area (Å²) in [6.45, 7) is 19.7. The highest BCUT2D eigenvalue weighted by atomic mass is 127. The van der Waals surface area contributed by atoms with Crippen molar-refractivity contribution >= 4 is 22.9 Å². The van der Waals surface area contributed by atoms with Gasteiger partial charge >= 0.3 is 0 Å². The van der Waals surface area contributed by atoms with Gasteiger partial charge in [0.05, 0.1) is 28.6 Å². The fourth-order valence-electron chi connectivity index (χ4n) is 3.78. The number of hydrogen-bond acceptors (Lipinski definition) is 1. The Balaban J connectivity index is 2.89. The molecule has 1 aliphatic rings. The van der Waals surface area contributed by atoms with E-state index in [1.165, 1.54) is 28.0 Å². The van der Waals surface area contributed by atoms with Crippen LogP contribution in [0.5, 0.6) is 0 Å². The number of rotatable bonds is 4. The Bertz CT molecular complexity index is 935. The summed E-state index contributed by atoms with van der Waals surface area (Å²) in [6.07, 6.45) is 15.6. The maximum atomic E-state index is 4.33. The molecule has 1 aliphatic heterocycles. The van der Waals surface area contributed by atoms with Crippen molar-refractivity contribution in [3.05, 3.63) is 119 Å². The van der Waals surface area contributed by atoms with Crippen LogP contribution in [0.2, 0.25) is 0 Å². The van der Waals surface area contributed by atoms with Crippen molar-refractivity contribution in [3.63, 3.8) is 0 Å². The van der Waals surface area contributed by atoms with Crippen molar-refractivity contribution in [2.45, 2.75) is 46.5 Å². The van der Waals surface area contributed by atoms with Gasteiger partial charge in [-0.3, -0.25) is 3.11 Å². The van der Waals surface area contributed by atoms with E-state index in [4.69, 9.17) is 0 Å². The molecule has 1 aromatic carbocycles. The predicted octanol–water partition coefficient (Wildman–Crippen LogP) is 8.29. The summed E-state index contributed by atoms with van der Waals surface area (Å²) in [5.74, 6) is 0. The molecule has 0 N–H and O–H groups in total. The molecule has 2 heteroatoms. The second kappa shape index (κ2) is 10.1. The zero-order valence-electron chi connectivity index (χ0n) is 18.3. The SMILES string of the molecule is C=C1/C=C\C=C/N(I)C(/C=C\C)=C(CC)\C(C(C)(C)c2ccccc2C)=C/C1=C. The molecule has 0 saturated carbocycles. The lowest BCUT2D eigenvalue weighted by atomic mass is 9.71. The van der Waals surface area contributed by atoms with Crippen molar-refractivity contribution < 1.29 is 0 Å². The highest BCUT2D eigenvalue weighted by Crippen LogP contribution is 2.41. The number of halogens is 1. The first-order chi connectivity index (χ1) is 13.7. The second-order valence-corrected chi connectivity index (χ2v) is 8.82. The van der Waals surface area contributed by atoms with Crippen molar-refractivity contribution in [1.29, 1.82) is 0 Å². The lowest BCUT2D eigenvalue weighted by molar-refractivity contribution is 0.615. The van der Waals surface area contributed by atoms with Gasteiger partial charge < -0.3 is 0 Å². The van der Waals surface area contributed by atoms with E-state index in [0.717, 1.165) is 17.6 Å². The molecule has 0 unspecified atom stereocenters. The summed E-state index contributed by atoms with van der Waals surface area (Å²) in [6, 6.07) is 8.66. The van der Waals surface area contributed by atoms with Crippen LogP contribution in [0.15, 0.2) is 108 Å². The van der Waals surface area contributed by atoms with E-state index in [9.17, 15) is 0 Å². The first-order valence-electron chi connectivity index (χ1n) is 10.1. The molecule has 0 spiro atoms. The number of allylic oxidation sites excluding steroid dienone is 10. The molecular weight excluding hydrogens is 465 g/mol. The van der Waals surface area contributed by atoms with Gasteiger partial charge in [0.25, 0.3) is 0 Å². The number of aryl methyl sites for hydroxylation is 1. The predicted molar refractivity (Wildman–Crippen MR) is 137 cm³/mol. The largest absolute Gasteiger partial charge is 0.290 e. The van der Waals surface area contributed by atoms with Crippen molar-refractivity contribution in [2.75, 3.05) is 0 Å².